The van der Waals surface area contributed by atoms with Gasteiger partial charge >= 0.3 is 0 Å². The van der Waals surface area contributed by atoms with Crippen LogP contribution in [0.2, 0.25) is 0 Å². The Bertz CT molecular complexity index is 697. The Balaban J connectivity index is 1.32. The second kappa shape index (κ2) is 11.1. The zero-order valence-electron chi connectivity index (χ0n) is 17.3. The molecule has 28 heavy (non-hydrogen) atoms. The lowest BCUT2D eigenvalue weighted by Crippen LogP contribution is -2.43. The molecular weight excluding hydrogens is 348 g/mol. The lowest BCUT2D eigenvalue weighted by molar-refractivity contribution is 0.199. The fourth-order valence-corrected chi connectivity index (χ4v) is 3.93. The van der Waals surface area contributed by atoms with E-state index in [2.05, 4.69) is 52.7 Å². The highest BCUT2D eigenvalue weighted by atomic mass is 16.5. The quantitative estimate of drug-likeness (QED) is 0.631. The van der Waals surface area contributed by atoms with Gasteiger partial charge in [0.2, 0.25) is 0 Å². The molecule has 0 unspecified atom stereocenters. The zero-order valence-corrected chi connectivity index (χ0v) is 17.3. The maximum absolute atomic E-state index is 5.41. The number of nitrogens with one attached hydrogen (secondary N) is 1. The number of rotatable bonds is 10. The van der Waals surface area contributed by atoms with Crippen LogP contribution < -0.4 is 14.8 Å². The van der Waals surface area contributed by atoms with Gasteiger partial charge in [0.05, 0.1) is 14.2 Å². The maximum Gasteiger partial charge on any atom is 0.160 e. The topological polar surface area (TPSA) is 33.7 Å². The average molecular weight is 383 g/mol. The Morgan fingerprint density at radius 3 is 2.36 bits per heavy atom. The molecule has 1 aliphatic heterocycles. The van der Waals surface area contributed by atoms with E-state index in [0.717, 1.165) is 37.4 Å². The summed E-state index contributed by atoms with van der Waals surface area (Å²) < 4.78 is 10.7. The second-order valence-corrected chi connectivity index (χ2v) is 7.60. The molecule has 0 aliphatic carbocycles. The van der Waals surface area contributed by atoms with E-state index in [4.69, 9.17) is 9.47 Å². The van der Waals surface area contributed by atoms with Crippen LogP contribution in [0.4, 0.5) is 0 Å². The summed E-state index contributed by atoms with van der Waals surface area (Å²) in [5.74, 6) is 1.61. The van der Waals surface area contributed by atoms with Gasteiger partial charge in [0.1, 0.15) is 0 Å². The van der Waals surface area contributed by atoms with E-state index in [9.17, 15) is 0 Å². The highest BCUT2D eigenvalue weighted by Crippen LogP contribution is 2.27. The summed E-state index contributed by atoms with van der Waals surface area (Å²) >= 11 is 0. The SMILES string of the molecule is COc1ccc(CCN2CCC(NCCCc3ccccc3)CC2)cc1OC. The molecule has 0 radical (unpaired) electrons. The first kappa shape index (κ1) is 20.7. The standard InChI is InChI=1S/C24H34N2O2/c1-27-23-11-10-21(19-24(23)28-2)12-16-26-17-13-22(14-18-26)25-15-6-9-20-7-4-3-5-8-20/h3-5,7-8,10-11,19,22,25H,6,9,12-18H2,1-2H3. The summed E-state index contributed by atoms with van der Waals surface area (Å²) in [4.78, 5) is 2.58. The number of hydrogen-bond acceptors (Lipinski definition) is 4. The van der Waals surface area contributed by atoms with Crippen LogP contribution in [0, 0.1) is 0 Å². The fourth-order valence-electron chi connectivity index (χ4n) is 3.93. The van der Waals surface area contributed by atoms with Gasteiger partial charge < -0.3 is 19.7 Å². The molecule has 0 spiro atoms. The van der Waals surface area contributed by atoms with Crippen molar-refractivity contribution in [3.8, 4) is 11.5 Å². The molecule has 0 aromatic heterocycles. The lowest BCUT2D eigenvalue weighted by Gasteiger charge is -2.32. The largest absolute Gasteiger partial charge is 0.493 e. The smallest absolute Gasteiger partial charge is 0.160 e. The van der Waals surface area contributed by atoms with E-state index in [1.54, 1.807) is 14.2 Å². The van der Waals surface area contributed by atoms with Gasteiger partial charge in [0.15, 0.2) is 11.5 Å². The Morgan fingerprint density at radius 1 is 0.893 bits per heavy atom. The Kier molecular flexibility index (Phi) is 8.19. The van der Waals surface area contributed by atoms with Crippen molar-refractivity contribution in [1.29, 1.82) is 0 Å². The molecule has 1 aliphatic rings. The average Bonchev–Trinajstić information content (AvgIpc) is 2.76. The summed E-state index contributed by atoms with van der Waals surface area (Å²) in [6.07, 6.45) is 5.92. The van der Waals surface area contributed by atoms with Gasteiger partial charge in [0.25, 0.3) is 0 Å². The van der Waals surface area contributed by atoms with Crippen molar-refractivity contribution >= 4 is 0 Å². The van der Waals surface area contributed by atoms with Crippen LogP contribution in [0.5, 0.6) is 11.5 Å². The van der Waals surface area contributed by atoms with Gasteiger partial charge in [-0.05, 0) is 75.0 Å². The Labute approximate surface area is 169 Å². The van der Waals surface area contributed by atoms with Crippen molar-refractivity contribution in [3.63, 3.8) is 0 Å². The van der Waals surface area contributed by atoms with Crippen LogP contribution in [0.3, 0.4) is 0 Å². The van der Waals surface area contributed by atoms with Crippen LogP contribution in [0.15, 0.2) is 48.5 Å². The van der Waals surface area contributed by atoms with Gasteiger partial charge in [-0.15, -0.1) is 0 Å². The van der Waals surface area contributed by atoms with Crippen LogP contribution in [-0.4, -0.2) is 51.3 Å². The highest BCUT2D eigenvalue weighted by Gasteiger charge is 2.18. The molecule has 0 atom stereocenters. The van der Waals surface area contributed by atoms with Crippen molar-refractivity contribution in [1.82, 2.24) is 10.2 Å². The first-order chi connectivity index (χ1) is 13.8. The molecule has 152 valence electrons. The minimum atomic E-state index is 0.674. The summed E-state index contributed by atoms with van der Waals surface area (Å²) in [6, 6.07) is 17.7. The van der Waals surface area contributed by atoms with Gasteiger partial charge in [-0.1, -0.05) is 36.4 Å². The van der Waals surface area contributed by atoms with Crippen molar-refractivity contribution in [3.05, 3.63) is 59.7 Å². The molecule has 3 rings (SSSR count). The van der Waals surface area contributed by atoms with E-state index in [0.29, 0.717) is 6.04 Å². The minimum absolute atomic E-state index is 0.674. The van der Waals surface area contributed by atoms with Crippen molar-refractivity contribution in [2.24, 2.45) is 0 Å². The molecule has 1 heterocycles. The second-order valence-electron chi connectivity index (χ2n) is 7.60. The molecule has 0 saturated carbocycles. The number of ether oxygens (including phenoxy) is 2. The number of piperidine rings is 1. The third kappa shape index (κ3) is 6.25. The molecule has 0 bridgehead atoms. The molecule has 0 amide bonds. The molecule has 2 aromatic rings. The van der Waals surface area contributed by atoms with Gasteiger partial charge in [0, 0.05) is 12.6 Å². The molecule has 2 aromatic carbocycles. The number of likely N-dealkylation sites (tertiary alicyclic amines) is 1. The predicted molar refractivity (Wildman–Crippen MR) is 115 cm³/mol. The van der Waals surface area contributed by atoms with Crippen LogP contribution in [0.25, 0.3) is 0 Å². The number of benzene rings is 2. The van der Waals surface area contributed by atoms with E-state index in [1.165, 1.54) is 43.5 Å². The van der Waals surface area contributed by atoms with E-state index >= 15 is 0 Å². The number of nitrogens with zero attached hydrogens (tertiary/aromatic N) is 1. The van der Waals surface area contributed by atoms with Crippen LogP contribution >= 0.6 is 0 Å². The van der Waals surface area contributed by atoms with E-state index in [-0.39, 0.29) is 0 Å². The summed E-state index contributed by atoms with van der Waals surface area (Å²) in [6.45, 7) is 4.59. The molecule has 1 N–H and O–H groups in total. The molecule has 1 saturated heterocycles. The zero-order chi connectivity index (χ0) is 19.6. The van der Waals surface area contributed by atoms with Gasteiger partial charge in [-0.3, -0.25) is 0 Å². The number of hydrogen-bond donors (Lipinski definition) is 1. The van der Waals surface area contributed by atoms with Crippen molar-refractivity contribution in [2.75, 3.05) is 40.4 Å². The van der Waals surface area contributed by atoms with Crippen LogP contribution in [0.1, 0.15) is 30.4 Å². The summed E-state index contributed by atoms with van der Waals surface area (Å²) in [5.41, 5.74) is 2.74. The molecule has 4 nitrogen and oxygen atoms in total. The number of aryl methyl sites for hydroxylation is 1. The molecule has 4 heteroatoms. The third-order valence-electron chi connectivity index (χ3n) is 5.67. The summed E-state index contributed by atoms with van der Waals surface area (Å²) in [7, 11) is 3.37. The maximum atomic E-state index is 5.41. The Morgan fingerprint density at radius 2 is 1.64 bits per heavy atom. The van der Waals surface area contributed by atoms with E-state index < -0.39 is 0 Å². The third-order valence-corrected chi connectivity index (χ3v) is 5.67. The van der Waals surface area contributed by atoms with Crippen molar-refractivity contribution in [2.45, 2.75) is 38.1 Å². The van der Waals surface area contributed by atoms with Gasteiger partial charge in [-0.25, -0.2) is 0 Å². The first-order valence-corrected chi connectivity index (χ1v) is 10.5. The van der Waals surface area contributed by atoms with E-state index in [1.807, 2.05) is 6.07 Å². The number of methoxy groups -OCH3 is 2. The normalized spacial score (nSPS) is 15.5. The summed E-state index contributed by atoms with van der Waals surface area (Å²) in [5, 5.41) is 3.76. The minimum Gasteiger partial charge on any atom is -0.493 e. The monoisotopic (exact) mass is 382 g/mol. The van der Waals surface area contributed by atoms with Gasteiger partial charge in [-0.2, -0.15) is 0 Å². The van der Waals surface area contributed by atoms with Crippen molar-refractivity contribution < 1.29 is 9.47 Å². The highest BCUT2D eigenvalue weighted by molar-refractivity contribution is 5.42. The van der Waals surface area contributed by atoms with Crippen LogP contribution in [-0.2, 0) is 12.8 Å². The predicted octanol–water partition coefficient (Wildman–Crippen LogP) is 3.93. The first-order valence-electron chi connectivity index (χ1n) is 10.5. The molecule has 1 fully saturated rings. The molecular formula is C24H34N2O2. The fraction of sp³-hybridized carbons (Fsp3) is 0.500. The lowest BCUT2D eigenvalue weighted by atomic mass is 10.0. The Hall–Kier alpha value is -2.04.